The summed E-state index contributed by atoms with van der Waals surface area (Å²) in [5.41, 5.74) is 1.42. The number of para-hydroxylation sites is 1. The second kappa shape index (κ2) is 8.59. The van der Waals surface area contributed by atoms with Crippen LogP contribution in [0.15, 0.2) is 54.6 Å². The maximum absolute atomic E-state index is 12.6. The van der Waals surface area contributed by atoms with E-state index < -0.39 is 0 Å². The summed E-state index contributed by atoms with van der Waals surface area (Å²) in [4.78, 5) is 35.6. The van der Waals surface area contributed by atoms with E-state index in [9.17, 15) is 14.4 Å². The summed E-state index contributed by atoms with van der Waals surface area (Å²) in [5.74, 6) is -0.695. The van der Waals surface area contributed by atoms with Crippen molar-refractivity contribution in [3.05, 3.63) is 65.7 Å². The molecule has 0 aliphatic heterocycles. The van der Waals surface area contributed by atoms with Crippen molar-refractivity contribution in [2.75, 3.05) is 25.5 Å². The van der Waals surface area contributed by atoms with Crippen LogP contribution in [0.2, 0.25) is 0 Å². The van der Waals surface area contributed by atoms with Gasteiger partial charge < -0.3 is 10.6 Å². The van der Waals surface area contributed by atoms with Crippen molar-refractivity contribution in [3.63, 3.8) is 0 Å². The molecule has 0 unspecified atom stereocenters. The molecule has 6 heteroatoms. The average Bonchev–Trinajstić information content (AvgIpc) is 2.62. The lowest BCUT2D eigenvalue weighted by Crippen LogP contribution is -2.36. The van der Waals surface area contributed by atoms with E-state index >= 15 is 0 Å². The summed E-state index contributed by atoms with van der Waals surface area (Å²) >= 11 is 0. The Balaban J connectivity index is 2.05. The summed E-state index contributed by atoms with van der Waals surface area (Å²) in [5, 5.41) is 7.88. The van der Waals surface area contributed by atoms with Crippen LogP contribution in [0.5, 0.6) is 0 Å². The highest BCUT2D eigenvalue weighted by molar-refractivity contribution is 6.13. The molecular weight excluding hydrogens is 306 g/mol. The van der Waals surface area contributed by atoms with Gasteiger partial charge in [0.1, 0.15) is 0 Å². The molecule has 0 radical (unpaired) electrons. The van der Waals surface area contributed by atoms with E-state index in [1.807, 2.05) is 6.07 Å². The Morgan fingerprint density at radius 2 is 1.46 bits per heavy atom. The number of anilines is 1. The van der Waals surface area contributed by atoms with Gasteiger partial charge in [-0.2, -0.15) is 0 Å². The first-order valence-corrected chi connectivity index (χ1v) is 7.51. The minimum Gasteiger partial charge on any atom is -0.358 e. The molecule has 0 heterocycles. The number of likely N-dealkylation sites (N-methyl/N-ethyl adjacent to an activating group) is 1. The highest BCUT2D eigenvalue weighted by Gasteiger charge is 2.14. The van der Waals surface area contributed by atoms with E-state index in [0.29, 0.717) is 16.8 Å². The molecule has 124 valence electrons. The van der Waals surface area contributed by atoms with Gasteiger partial charge in [0.2, 0.25) is 11.8 Å². The van der Waals surface area contributed by atoms with Gasteiger partial charge in [-0.15, -0.1) is 0 Å². The largest absolute Gasteiger partial charge is 0.358 e. The van der Waals surface area contributed by atoms with Crippen molar-refractivity contribution in [1.29, 1.82) is 0 Å². The number of rotatable bonds is 7. The Bertz CT molecular complexity index is 729. The molecule has 2 aromatic carbocycles. The van der Waals surface area contributed by atoms with Crippen LogP contribution in [0.1, 0.15) is 15.9 Å². The van der Waals surface area contributed by atoms with Crippen molar-refractivity contribution >= 4 is 23.3 Å². The molecule has 0 fully saturated rings. The van der Waals surface area contributed by atoms with Gasteiger partial charge >= 0.3 is 0 Å². The number of carbonyl (C=O) groups excluding carboxylic acids is 3. The van der Waals surface area contributed by atoms with Crippen LogP contribution < -0.4 is 16.0 Å². The van der Waals surface area contributed by atoms with Gasteiger partial charge in [0.25, 0.3) is 0 Å². The molecule has 6 nitrogen and oxygen atoms in total. The number of benzene rings is 2. The van der Waals surface area contributed by atoms with Gasteiger partial charge in [-0.25, -0.2) is 0 Å². The molecule has 2 rings (SSSR count). The van der Waals surface area contributed by atoms with Crippen LogP contribution in [0.3, 0.4) is 0 Å². The molecule has 3 N–H and O–H groups in total. The van der Waals surface area contributed by atoms with Gasteiger partial charge in [0.15, 0.2) is 5.78 Å². The standard InChI is InChI=1S/C18H19N3O3/c1-19-16(22)11-20-12-17(23)21-15-10-6-5-9-14(15)18(24)13-7-3-2-4-8-13/h2-10,20H,11-12H2,1H3,(H,19,22)(H,21,23). The van der Waals surface area contributed by atoms with E-state index in [4.69, 9.17) is 0 Å². The van der Waals surface area contributed by atoms with Crippen LogP contribution >= 0.6 is 0 Å². The Labute approximate surface area is 140 Å². The summed E-state index contributed by atoms with van der Waals surface area (Å²) in [6.07, 6.45) is 0. The molecule has 0 aromatic heterocycles. The van der Waals surface area contributed by atoms with Crippen molar-refractivity contribution < 1.29 is 14.4 Å². The maximum Gasteiger partial charge on any atom is 0.238 e. The number of hydrogen-bond acceptors (Lipinski definition) is 4. The van der Waals surface area contributed by atoms with Crippen LogP contribution in [-0.4, -0.2) is 37.7 Å². The van der Waals surface area contributed by atoms with Crippen LogP contribution in [-0.2, 0) is 9.59 Å². The highest BCUT2D eigenvalue weighted by Crippen LogP contribution is 2.19. The first-order chi connectivity index (χ1) is 11.6. The van der Waals surface area contributed by atoms with Crippen molar-refractivity contribution in [3.8, 4) is 0 Å². The average molecular weight is 325 g/mol. The van der Waals surface area contributed by atoms with E-state index in [1.165, 1.54) is 7.05 Å². The van der Waals surface area contributed by atoms with Crippen LogP contribution in [0, 0.1) is 0 Å². The zero-order chi connectivity index (χ0) is 17.4. The molecule has 0 aliphatic carbocycles. The zero-order valence-electron chi connectivity index (χ0n) is 13.3. The summed E-state index contributed by atoms with van der Waals surface area (Å²) < 4.78 is 0. The number of hydrogen-bond donors (Lipinski definition) is 3. The number of nitrogens with one attached hydrogen (secondary N) is 3. The molecule has 24 heavy (non-hydrogen) atoms. The molecular formula is C18H19N3O3. The van der Waals surface area contributed by atoms with Gasteiger partial charge in [-0.05, 0) is 12.1 Å². The molecule has 2 amide bonds. The smallest absolute Gasteiger partial charge is 0.238 e. The zero-order valence-corrected chi connectivity index (χ0v) is 13.3. The normalized spacial score (nSPS) is 10.0. The van der Waals surface area contributed by atoms with E-state index in [0.717, 1.165) is 0 Å². The maximum atomic E-state index is 12.6. The van der Waals surface area contributed by atoms with E-state index in [-0.39, 0.29) is 30.7 Å². The molecule has 0 spiro atoms. The third-order valence-electron chi connectivity index (χ3n) is 3.33. The fourth-order valence-electron chi connectivity index (χ4n) is 2.11. The SMILES string of the molecule is CNC(=O)CNCC(=O)Nc1ccccc1C(=O)c1ccccc1. The first kappa shape index (κ1) is 17.4. The lowest BCUT2D eigenvalue weighted by molar-refractivity contribution is -0.120. The Morgan fingerprint density at radius 1 is 0.833 bits per heavy atom. The van der Waals surface area contributed by atoms with Crippen LogP contribution in [0.4, 0.5) is 5.69 Å². The van der Waals surface area contributed by atoms with Crippen molar-refractivity contribution in [2.24, 2.45) is 0 Å². The summed E-state index contributed by atoms with van der Waals surface area (Å²) in [7, 11) is 1.52. The third kappa shape index (κ3) is 4.76. The minimum atomic E-state index is -0.327. The first-order valence-electron chi connectivity index (χ1n) is 7.51. The van der Waals surface area contributed by atoms with E-state index in [2.05, 4.69) is 16.0 Å². The minimum absolute atomic E-state index is 0.0265. The predicted octanol–water partition coefficient (Wildman–Crippen LogP) is 1.19. The lowest BCUT2D eigenvalue weighted by atomic mass is 10.0. The monoisotopic (exact) mass is 325 g/mol. The van der Waals surface area contributed by atoms with Crippen molar-refractivity contribution in [1.82, 2.24) is 10.6 Å². The van der Waals surface area contributed by atoms with Gasteiger partial charge in [0, 0.05) is 18.2 Å². The van der Waals surface area contributed by atoms with E-state index in [1.54, 1.807) is 48.5 Å². The molecule has 0 bridgehead atoms. The number of amides is 2. The van der Waals surface area contributed by atoms with Gasteiger partial charge in [-0.3, -0.25) is 19.7 Å². The molecule has 0 atom stereocenters. The Kier molecular flexibility index (Phi) is 6.22. The molecule has 0 saturated heterocycles. The van der Waals surface area contributed by atoms with Crippen molar-refractivity contribution in [2.45, 2.75) is 0 Å². The lowest BCUT2D eigenvalue weighted by Gasteiger charge is -2.11. The van der Waals surface area contributed by atoms with Gasteiger partial charge in [0.05, 0.1) is 18.8 Å². The molecule has 0 saturated carbocycles. The Morgan fingerprint density at radius 3 is 2.17 bits per heavy atom. The fourth-order valence-corrected chi connectivity index (χ4v) is 2.11. The van der Waals surface area contributed by atoms with Gasteiger partial charge in [-0.1, -0.05) is 42.5 Å². The topological polar surface area (TPSA) is 87.3 Å². The molecule has 2 aromatic rings. The Hall–Kier alpha value is -2.99. The molecule has 0 aliphatic rings. The summed E-state index contributed by atoms with van der Waals surface area (Å²) in [6.45, 7) is 0.0236. The quantitative estimate of drug-likeness (QED) is 0.667. The summed E-state index contributed by atoms with van der Waals surface area (Å²) in [6, 6.07) is 15.7. The second-order valence-electron chi connectivity index (χ2n) is 5.07. The highest BCUT2D eigenvalue weighted by atomic mass is 16.2. The number of ketones is 1. The second-order valence-corrected chi connectivity index (χ2v) is 5.07. The van der Waals surface area contributed by atoms with Crippen LogP contribution in [0.25, 0.3) is 0 Å². The number of carbonyl (C=O) groups is 3. The fraction of sp³-hybridized carbons (Fsp3) is 0.167. The third-order valence-corrected chi connectivity index (χ3v) is 3.33. The predicted molar refractivity (Wildman–Crippen MR) is 91.9 cm³/mol.